The fourth-order valence-corrected chi connectivity index (χ4v) is 5.32. The zero-order valence-corrected chi connectivity index (χ0v) is 17.8. The van der Waals surface area contributed by atoms with E-state index in [1.54, 1.807) is 24.3 Å². The van der Waals surface area contributed by atoms with E-state index in [0.29, 0.717) is 29.5 Å². The summed E-state index contributed by atoms with van der Waals surface area (Å²) in [7, 11) is -3.88. The van der Waals surface area contributed by atoms with Gasteiger partial charge in [-0.2, -0.15) is 8.42 Å². The SMILES string of the molecule is O=C(NCc1cccc(Cl)c1)c1cc2c(cc1Cl)N1CCCCCC1=NS2(=O)=O. The van der Waals surface area contributed by atoms with Crippen LogP contribution in [0.2, 0.25) is 10.0 Å². The van der Waals surface area contributed by atoms with Crippen LogP contribution in [0, 0.1) is 0 Å². The summed E-state index contributed by atoms with van der Waals surface area (Å²) >= 11 is 12.3. The molecule has 1 fully saturated rings. The third kappa shape index (κ3) is 4.13. The summed E-state index contributed by atoms with van der Waals surface area (Å²) in [4.78, 5) is 14.6. The van der Waals surface area contributed by atoms with E-state index in [-0.39, 0.29) is 22.0 Å². The molecule has 1 amide bonds. The van der Waals surface area contributed by atoms with E-state index in [9.17, 15) is 13.2 Å². The molecule has 29 heavy (non-hydrogen) atoms. The van der Waals surface area contributed by atoms with Crippen molar-refractivity contribution in [2.45, 2.75) is 37.1 Å². The minimum Gasteiger partial charge on any atom is -0.348 e. The van der Waals surface area contributed by atoms with Gasteiger partial charge in [0.05, 0.1) is 16.3 Å². The molecule has 2 aromatic carbocycles. The highest BCUT2D eigenvalue weighted by Gasteiger charge is 2.33. The van der Waals surface area contributed by atoms with Crippen molar-refractivity contribution in [2.24, 2.45) is 4.40 Å². The Morgan fingerprint density at radius 1 is 1.14 bits per heavy atom. The summed E-state index contributed by atoms with van der Waals surface area (Å²) in [5, 5.41) is 3.53. The van der Waals surface area contributed by atoms with Gasteiger partial charge in [-0.3, -0.25) is 4.79 Å². The van der Waals surface area contributed by atoms with Crippen LogP contribution in [0.25, 0.3) is 0 Å². The van der Waals surface area contributed by atoms with E-state index in [1.165, 1.54) is 6.07 Å². The second-order valence-electron chi connectivity index (χ2n) is 7.06. The Labute approximate surface area is 179 Å². The number of hydrogen-bond acceptors (Lipinski definition) is 4. The molecule has 1 N–H and O–H groups in total. The first-order valence-electron chi connectivity index (χ1n) is 9.33. The molecule has 0 spiro atoms. The van der Waals surface area contributed by atoms with Crippen molar-refractivity contribution >= 4 is 50.7 Å². The monoisotopic (exact) mass is 451 g/mol. The van der Waals surface area contributed by atoms with Gasteiger partial charge in [0.15, 0.2) is 0 Å². The number of fused-ring (bicyclic) bond motifs is 3. The van der Waals surface area contributed by atoms with Gasteiger partial charge in [-0.1, -0.05) is 41.8 Å². The molecular weight excluding hydrogens is 433 g/mol. The first kappa shape index (κ1) is 20.2. The van der Waals surface area contributed by atoms with Crippen LogP contribution in [0.1, 0.15) is 41.6 Å². The number of rotatable bonds is 3. The van der Waals surface area contributed by atoms with Crippen molar-refractivity contribution in [2.75, 3.05) is 11.4 Å². The Morgan fingerprint density at radius 2 is 1.97 bits per heavy atom. The van der Waals surface area contributed by atoms with Gasteiger partial charge in [-0.25, -0.2) is 0 Å². The lowest BCUT2D eigenvalue weighted by Gasteiger charge is -2.30. The van der Waals surface area contributed by atoms with Crippen molar-refractivity contribution in [3.8, 4) is 0 Å². The lowest BCUT2D eigenvalue weighted by atomic mass is 10.1. The topological polar surface area (TPSA) is 78.8 Å². The summed E-state index contributed by atoms with van der Waals surface area (Å²) in [6.07, 6.45) is 3.47. The van der Waals surface area contributed by atoms with Gasteiger partial charge in [0, 0.05) is 24.5 Å². The van der Waals surface area contributed by atoms with Crippen molar-refractivity contribution in [3.05, 3.63) is 57.6 Å². The van der Waals surface area contributed by atoms with Crippen molar-refractivity contribution in [1.82, 2.24) is 5.32 Å². The molecule has 152 valence electrons. The van der Waals surface area contributed by atoms with Crippen LogP contribution in [0.4, 0.5) is 5.69 Å². The van der Waals surface area contributed by atoms with Crippen molar-refractivity contribution in [3.63, 3.8) is 0 Å². The van der Waals surface area contributed by atoms with Crippen LogP contribution in [0.15, 0.2) is 45.7 Å². The van der Waals surface area contributed by atoms with Gasteiger partial charge in [0.2, 0.25) is 0 Å². The second-order valence-corrected chi connectivity index (χ2v) is 9.47. The van der Waals surface area contributed by atoms with E-state index in [4.69, 9.17) is 23.2 Å². The number of nitrogens with zero attached hydrogens (tertiary/aromatic N) is 2. The normalized spacial score (nSPS) is 17.6. The molecule has 4 rings (SSSR count). The molecule has 0 unspecified atom stereocenters. The highest BCUT2D eigenvalue weighted by Crippen LogP contribution is 2.37. The number of benzene rings is 2. The van der Waals surface area contributed by atoms with Crippen LogP contribution in [-0.2, 0) is 16.6 Å². The highest BCUT2D eigenvalue weighted by atomic mass is 35.5. The van der Waals surface area contributed by atoms with E-state index in [1.807, 2.05) is 11.0 Å². The van der Waals surface area contributed by atoms with Crippen LogP contribution in [0.5, 0.6) is 0 Å². The number of amidine groups is 1. The van der Waals surface area contributed by atoms with Crippen molar-refractivity contribution < 1.29 is 13.2 Å². The molecule has 1 saturated heterocycles. The fourth-order valence-electron chi connectivity index (χ4n) is 3.60. The first-order valence-corrected chi connectivity index (χ1v) is 11.5. The lowest BCUT2D eigenvalue weighted by molar-refractivity contribution is 0.0951. The summed E-state index contributed by atoms with van der Waals surface area (Å²) < 4.78 is 29.5. The number of amides is 1. The van der Waals surface area contributed by atoms with Gasteiger partial charge >= 0.3 is 0 Å². The summed E-state index contributed by atoms with van der Waals surface area (Å²) in [6.45, 7) is 0.923. The van der Waals surface area contributed by atoms with E-state index in [2.05, 4.69) is 9.71 Å². The molecule has 0 atom stereocenters. The molecule has 0 aliphatic carbocycles. The Bertz CT molecular complexity index is 1120. The zero-order valence-electron chi connectivity index (χ0n) is 15.5. The van der Waals surface area contributed by atoms with Gasteiger partial charge in [-0.15, -0.1) is 4.40 Å². The maximum atomic E-state index is 12.7. The lowest BCUT2D eigenvalue weighted by Crippen LogP contribution is -2.35. The van der Waals surface area contributed by atoms with Crippen LogP contribution >= 0.6 is 23.2 Å². The van der Waals surface area contributed by atoms with Gasteiger partial charge < -0.3 is 10.2 Å². The number of hydrogen-bond donors (Lipinski definition) is 1. The molecule has 0 saturated carbocycles. The molecule has 0 aromatic heterocycles. The third-order valence-corrected chi connectivity index (χ3v) is 6.90. The van der Waals surface area contributed by atoms with E-state index < -0.39 is 15.9 Å². The number of nitrogens with one attached hydrogen (secondary N) is 1. The molecule has 2 aliphatic rings. The number of halogens is 2. The molecule has 2 heterocycles. The minimum absolute atomic E-state index is 0.0143. The highest BCUT2D eigenvalue weighted by molar-refractivity contribution is 7.90. The summed E-state index contributed by atoms with van der Waals surface area (Å²) in [5.74, 6) is 0.0860. The number of carbonyl (C=O) groups excluding carboxylic acids is 1. The van der Waals surface area contributed by atoms with Crippen LogP contribution < -0.4 is 10.2 Å². The zero-order chi connectivity index (χ0) is 20.6. The fraction of sp³-hybridized carbons (Fsp3) is 0.300. The smallest absolute Gasteiger partial charge is 0.286 e. The standard InChI is InChI=1S/C20H19Cl2N3O3S/c21-14-6-4-5-13(9-14)12-23-20(26)15-10-18-17(11-16(15)22)25-8-3-1-2-7-19(25)24-29(18,27)28/h4-6,9-11H,1-3,7-8,12H2,(H,23,26). The third-order valence-electron chi connectivity index (χ3n) is 5.02. The predicted octanol–water partition coefficient (Wildman–Crippen LogP) is 4.40. The molecule has 0 radical (unpaired) electrons. The first-order chi connectivity index (χ1) is 13.8. The number of anilines is 1. The van der Waals surface area contributed by atoms with E-state index >= 15 is 0 Å². The largest absolute Gasteiger partial charge is 0.348 e. The average Bonchev–Trinajstić information content (AvgIpc) is 2.90. The summed E-state index contributed by atoms with van der Waals surface area (Å²) in [5.41, 5.74) is 1.42. The molecular formula is C20H19Cl2N3O3S. The maximum Gasteiger partial charge on any atom is 0.286 e. The molecule has 2 aliphatic heterocycles. The molecule has 9 heteroatoms. The second kappa shape index (κ2) is 7.97. The summed E-state index contributed by atoms with van der Waals surface area (Å²) in [6, 6.07) is 10.00. The van der Waals surface area contributed by atoms with Crippen LogP contribution in [0.3, 0.4) is 0 Å². The Morgan fingerprint density at radius 3 is 2.76 bits per heavy atom. The Balaban J connectivity index is 1.65. The van der Waals surface area contributed by atoms with Gasteiger partial charge in [0.1, 0.15) is 10.7 Å². The molecule has 6 nitrogen and oxygen atoms in total. The number of carbonyl (C=O) groups is 1. The molecule has 2 aromatic rings. The minimum atomic E-state index is -3.88. The average molecular weight is 452 g/mol. The Hall–Kier alpha value is -2.09. The number of sulfonamides is 1. The predicted molar refractivity (Wildman–Crippen MR) is 115 cm³/mol. The van der Waals surface area contributed by atoms with Gasteiger partial charge in [0.25, 0.3) is 15.9 Å². The van der Waals surface area contributed by atoms with Crippen molar-refractivity contribution in [1.29, 1.82) is 0 Å². The van der Waals surface area contributed by atoms with Crippen LogP contribution in [-0.4, -0.2) is 26.7 Å². The quantitative estimate of drug-likeness (QED) is 0.749. The van der Waals surface area contributed by atoms with Gasteiger partial charge in [-0.05, 0) is 42.7 Å². The Kier molecular flexibility index (Phi) is 5.55. The van der Waals surface area contributed by atoms with E-state index in [0.717, 1.165) is 24.8 Å². The maximum absolute atomic E-state index is 12.7. The molecule has 0 bridgehead atoms.